The van der Waals surface area contributed by atoms with Crippen LogP contribution in [-0.4, -0.2) is 32.3 Å². The number of rotatable bonds is 4. The Bertz CT molecular complexity index is 878. The predicted molar refractivity (Wildman–Crippen MR) is 95.2 cm³/mol. The van der Waals surface area contributed by atoms with Gasteiger partial charge in [-0.05, 0) is 42.7 Å². The van der Waals surface area contributed by atoms with Gasteiger partial charge in [-0.25, -0.2) is 9.59 Å². The number of nitrogens with zero attached hydrogens (tertiary/aromatic N) is 1. The van der Waals surface area contributed by atoms with Gasteiger partial charge in [0, 0.05) is 11.9 Å². The van der Waals surface area contributed by atoms with E-state index in [0.29, 0.717) is 5.69 Å². The quantitative estimate of drug-likeness (QED) is 0.729. The summed E-state index contributed by atoms with van der Waals surface area (Å²) in [6, 6.07) is 5.76. The molecule has 2 aliphatic rings. The second-order valence-corrected chi connectivity index (χ2v) is 6.44. The minimum Gasteiger partial charge on any atom is -0.465 e. The van der Waals surface area contributed by atoms with Gasteiger partial charge < -0.3 is 14.4 Å². The first-order valence-electron chi connectivity index (χ1n) is 8.47. The molecule has 8 heteroatoms. The van der Waals surface area contributed by atoms with E-state index < -0.39 is 23.5 Å². The molecule has 0 bridgehead atoms. The van der Waals surface area contributed by atoms with Crippen LogP contribution in [0.15, 0.2) is 60.0 Å². The zero-order chi connectivity index (χ0) is 20.5. The highest BCUT2D eigenvalue weighted by molar-refractivity contribution is 6.05. The number of esters is 2. The molecule has 0 N–H and O–H groups in total. The maximum atomic E-state index is 13.3. The summed E-state index contributed by atoms with van der Waals surface area (Å²) in [6.07, 6.45) is 1.87. The van der Waals surface area contributed by atoms with E-state index in [4.69, 9.17) is 9.47 Å². The van der Waals surface area contributed by atoms with Gasteiger partial charge in [0.25, 0.3) is 0 Å². The molecular weight excluding hydrogens is 375 g/mol. The molecule has 0 radical (unpaired) electrons. The second kappa shape index (κ2) is 7.18. The molecule has 148 valence electrons. The Morgan fingerprint density at radius 2 is 1.61 bits per heavy atom. The van der Waals surface area contributed by atoms with Gasteiger partial charge in [0.2, 0.25) is 0 Å². The Morgan fingerprint density at radius 3 is 2.11 bits per heavy atom. The number of benzene rings is 1. The van der Waals surface area contributed by atoms with E-state index in [1.807, 2.05) is 0 Å². The fraction of sp³-hybridized carbons (Fsp3) is 0.300. The van der Waals surface area contributed by atoms with E-state index >= 15 is 0 Å². The third kappa shape index (κ3) is 3.30. The Balaban J connectivity index is 2.04. The third-order valence-electron chi connectivity index (χ3n) is 4.88. The summed E-state index contributed by atoms with van der Waals surface area (Å²) in [7, 11) is 2.35. The summed E-state index contributed by atoms with van der Waals surface area (Å²) < 4.78 is 49.5. The molecule has 3 rings (SSSR count). The molecular formula is C20H18F3NO4. The first-order chi connectivity index (χ1) is 13.2. The van der Waals surface area contributed by atoms with Crippen LogP contribution in [0.1, 0.15) is 18.4 Å². The Hall–Kier alpha value is -3.03. The first kappa shape index (κ1) is 19.7. The predicted octanol–water partition coefficient (Wildman–Crippen LogP) is 3.77. The molecule has 5 nitrogen and oxygen atoms in total. The van der Waals surface area contributed by atoms with Crippen molar-refractivity contribution in [1.29, 1.82) is 0 Å². The minimum absolute atomic E-state index is 0.0302. The smallest absolute Gasteiger partial charge is 0.398 e. The van der Waals surface area contributed by atoms with Gasteiger partial charge in [0.1, 0.15) is 5.70 Å². The zero-order valence-electron chi connectivity index (χ0n) is 15.2. The van der Waals surface area contributed by atoms with Crippen LogP contribution in [0.25, 0.3) is 0 Å². The summed E-state index contributed by atoms with van der Waals surface area (Å²) in [6.45, 7) is 0. The van der Waals surface area contributed by atoms with Crippen LogP contribution in [-0.2, 0) is 24.5 Å². The van der Waals surface area contributed by atoms with E-state index in [0.717, 1.165) is 0 Å². The maximum Gasteiger partial charge on any atom is 0.398 e. The lowest BCUT2D eigenvalue weighted by Gasteiger charge is -2.24. The van der Waals surface area contributed by atoms with Crippen molar-refractivity contribution >= 4 is 17.6 Å². The van der Waals surface area contributed by atoms with Crippen molar-refractivity contribution in [3.8, 4) is 0 Å². The lowest BCUT2D eigenvalue weighted by atomic mass is 9.95. The number of carbonyl (C=O) groups is 2. The van der Waals surface area contributed by atoms with Crippen LogP contribution in [0.3, 0.4) is 0 Å². The number of anilines is 1. The molecule has 1 aromatic rings. The van der Waals surface area contributed by atoms with E-state index in [2.05, 4.69) is 0 Å². The van der Waals surface area contributed by atoms with Gasteiger partial charge in [0.05, 0.1) is 25.2 Å². The van der Waals surface area contributed by atoms with E-state index in [1.54, 1.807) is 12.2 Å². The number of hydrogen-bond acceptors (Lipinski definition) is 5. The Labute approximate surface area is 159 Å². The standard InChI is InChI=1S/C20H18F3NO4/c1-27-17(25)15-5-3-4-12-24(16(15)18(26)28-2)14-8-6-13(7-9-14)19(10-11-19)20(21,22)23/h3-9,12H,10-11H2,1-2H3. The molecule has 1 aliphatic heterocycles. The number of carbonyl (C=O) groups excluding carboxylic acids is 2. The van der Waals surface area contributed by atoms with Crippen LogP contribution >= 0.6 is 0 Å². The monoisotopic (exact) mass is 393 g/mol. The number of halogens is 3. The average molecular weight is 393 g/mol. The molecule has 28 heavy (non-hydrogen) atoms. The van der Waals surface area contributed by atoms with Crippen molar-refractivity contribution in [2.75, 3.05) is 19.1 Å². The Morgan fingerprint density at radius 1 is 1.00 bits per heavy atom. The topological polar surface area (TPSA) is 55.8 Å². The normalized spacial score (nSPS) is 18.0. The largest absolute Gasteiger partial charge is 0.465 e. The molecule has 1 aromatic carbocycles. The van der Waals surface area contributed by atoms with Gasteiger partial charge in [-0.3, -0.25) is 0 Å². The first-order valence-corrected chi connectivity index (χ1v) is 8.47. The van der Waals surface area contributed by atoms with Crippen molar-refractivity contribution in [1.82, 2.24) is 0 Å². The van der Waals surface area contributed by atoms with Gasteiger partial charge in [-0.1, -0.05) is 18.2 Å². The summed E-state index contributed by atoms with van der Waals surface area (Å²) in [5, 5.41) is 0. The van der Waals surface area contributed by atoms with Crippen molar-refractivity contribution < 1.29 is 32.2 Å². The minimum atomic E-state index is -4.31. The van der Waals surface area contributed by atoms with E-state index in [9.17, 15) is 22.8 Å². The van der Waals surface area contributed by atoms with Crippen molar-refractivity contribution in [2.24, 2.45) is 0 Å². The van der Waals surface area contributed by atoms with Crippen LogP contribution in [0, 0.1) is 0 Å². The van der Waals surface area contributed by atoms with Crippen molar-refractivity contribution in [3.05, 3.63) is 65.5 Å². The SMILES string of the molecule is COC(=O)C1=C(C(=O)OC)N(c2ccc(C3(C(F)(F)F)CC3)cc2)C=CC=C1. The van der Waals surface area contributed by atoms with Crippen molar-refractivity contribution in [3.63, 3.8) is 0 Å². The summed E-state index contributed by atoms with van der Waals surface area (Å²) >= 11 is 0. The van der Waals surface area contributed by atoms with Crippen LogP contribution in [0.5, 0.6) is 0 Å². The molecule has 0 unspecified atom stereocenters. The third-order valence-corrected chi connectivity index (χ3v) is 4.88. The van der Waals surface area contributed by atoms with Crippen molar-refractivity contribution in [2.45, 2.75) is 24.4 Å². The molecule has 1 aliphatic carbocycles. The van der Waals surface area contributed by atoms with Crippen LogP contribution in [0.4, 0.5) is 18.9 Å². The van der Waals surface area contributed by atoms with Gasteiger partial charge in [-0.15, -0.1) is 0 Å². The summed E-state index contributed by atoms with van der Waals surface area (Å²) in [5.74, 6) is -1.52. The molecule has 0 amide bonds. The number of allylic oxidation sites excluding steroid dienone is 2. The lowest BCUT2D eigenvalue weighted by Crippen LogP contribution is -2.29. The van der Waals surface area contributed by atoms with Gasteiger partial charge in [0.15, 0.2) is 0 Å². The van der Waals surface area contributed by atoms with Gasteiger partial charge >= 0.3 is 18.1 Å². The molecule has 1 saturated carbocycles. The highest BCUT2D eigenvalue weighted by Crippen LogP contribution is 2.59. The molecule has 0 atom stereocenters. The average Bonchev–Trinajstić information content (AvgIpc) is 3.50. The summed E-state index contributed by atoms with van der Waals surface area (Å²) in [4.78, 5) is 25.9. The fourth-order valence-electron chi connectivity index (χ4n) is 3.17. The molecule has 1 fully saturated rings. The van der Waals surface area contributed by atoms with Gasteiger partial charge in [-0.2, -0.15) is 13.2 Å². The molecule has 0 spiro atoms. The highest BCUT2D eigenvalue weighted by atomic mass is 19.4. The van der Waals surface area contributed by atoms with Crippen LogP contribution < -0.4 is 4.90 Å². The number of alkyl halides is 3. The lowest BCUT2D eigenvalue weighted by molar-refractivity contribution is -0.160. The molecule has 0 aromatic heterocycles. The zero-order valence-corrected chi connectivity index (χ0v) is 15.2. The summed E-state index contributed by atoms with van der Waals surface area (Å²) in [5.41, 5.74) is -1.33. The maximum absolute atomic E-state index is 13.3. The van der Waals surface area contributed by atoms with Crippen LogP contribution in [0.2, 0.25) is 0 Å². The molecule has 0 saturated heterocycles. The number of methoxy groups -OCH3 is 2. The molecule has 1 heterocycles. The van der Waals surface area contributed by atoms with E-state index in [-0.39, 0.29) is 29.7 Å². The number of hydrogen-bond donors (Lipinski definition) is 0. The second-order valence-electron chi connectivity index (χ2n) is 6.44. The number of ether oxygens (including phenoxy) is 2. The van der Waals surface area contributed by atoms with E-state index in [1.165, 1.54) is 55.7 Å². The fourth-order valence-corrected chi connectivity index (χ4v) is 3.17. The Kier molecular flexibility index (Phi) is 5.06. The highest BCUT2D eigenvalue weighted by Gasteiger charge is 2.64.